The van der Waals surface area contributed by atoms with E-state index in [0.717, 1.165) is 5.56 Å². The molecule has 0 fully saturated rings. The molecule has 1 N–H and O–H groups in total. The number of rotatable bonds is 3. The molecule has 2 aromatic rings. The first kappa shape index (κ1) is 12.1. The number of nitrogens with zero attached hydrogens (tertiary/aromatic N) is 1. The Morgan fingerprint density at radius 3 is 2.44 bits per heavy atom. The summed E-state index contributed by atoms with van der Waals surface area (Å²) in [5, 5.41) is 8.77. The van der Waals surface area contributed by atoms with Gasteiger partial charge in [-0.15, -0.1) is 0 Å². The molecule has 4 nitrogen and oxygen atoms in total. The Hall–Kier alpha value is -2.36. The number of benzene rings is 1. The molecule has 0 unspecified atom stereocenters. The summed E-state index contributed by atoms with van der Waals surface area (Å²) in [6.07, 6.45) is 1.42. The topological polar surface area (TPSA) is 59.3 Å². The summed E-state index contributed by atoms with van der Waals surface area (Å²) in [5.74, 6) is -1.16. The number of aliphatic carboxylic acids is 1. The summed E-state index contributed by atoms with van der Waals surface area (Å²) in [4.78, 5) is 22.9. The molecule has 2 rings (SSSR count). The van der Waals surface area contributed by atoms with E-state index in [1.165, 1.54) is 4.57 Å². The van der Waals surface area contributed by atoms with Gasteiger partial charge in [-0.25, -0.2) is 0 Å². The predicted octanol–water partition coefficient (Wildman–Crippen LogP) is 2.11. The van der Waals surface area contributed by atoms with E-state index in [0.29, 0.717) is 11.3 Å². The van der Waals surface area contributed by atoms with Crippen molar-refractivity contribution in [1.29, 1.82) is 0 Å². The highest BCUT2D eigenvalue weighted by atomic mass is 16.4. The Balaban J connectivity index is 2.31. The van der Waals surface area contributed by atoms with E-state index in [2.05, 4.69) is 0 Å². The van der Waals surface area contributed by atoms with Crippen LogP contribution in [0.5, 0.6) is 0 Å². The van der Waals surface area contributed by atoms with Crippen molar-refractivity contribution in [2.75, 3.05) is 0 Å². The number of carbonyl (C=O) groups is 2. The minimum Gasteiger partial charge on any atom is -0.481 e. The molecule has 0 bridgehead atoms. The number of hydrogen-bond acceptors (Lipinski definition) is 2. The highest BCUT2D eigenvalue weighted by molar-refractivity contribution is 5.96. The highest BCUT2D eigenvalue weighted by Crippen LogP contribution is 2.10. The molecule has 0 aliphatic heterocycles. The monoisotopic (exact) mass is 243 g/mol. The van der Waals surface area contributed by atoms with Gasteiger partial charge in [0, 0.05) is 17.5 Å². The molecule has 0 spiro atoms. The van der Waals surface area contributed by atoms with Gasteiger partial charge in [-0.1, -0.05) is 17.7 Å². The van der Waals surface area contributed by atoms with E-state index < -0.39 is 5.97 Å². The van der Waals surface area contributed by atoms with Crippen molar-refractivity contribution in [3.63, 3.8) is 0 Å². The van der Waals surface area contributed by atoms with Gasteiger partial charge in [0.2, 0.25) is 0 Å². The summed E-state index contributed by atoms with van der Waals surface area (Å²) in [6, 6.07) is 10.5. The fourth-order valence-electron chi connectivity index (χ4n) is 1.75. The van der Waals surface area contributed by atoms with Crippen molar-refractivity contribution in [3.05, 3.63) is 59.4 Å². The van der Waals surface area contributed by atoms with E-state index in [-0.39, 0.29) is 12.3 Å². The van der Waals surface area contributed by atoms with Gasteiger partial charge in [0.15, 0.2) is 0 Å². The standard InChI is InChI=1S/C14H13NO3/c1-10-4-6-11(7-5-10)14(18)15-8-2-3-12(15)9-13(16)17/h2-8H,9H2,1H3,(H,16,17). The van der Waals surface area contributed by atoms with E-state index in [4.69, 9.17) is 5.11 Å². The fraction of sp³-hybridized carbons (Fsp3) is 0.143. The van der Waals surface area contributed by atoms with Gasteiger partial charge >= 0.3 is 5.97 Å². The molecule has 92 valence electrons. The van der Waals surface area contributed by atoms with Crippen LogP contribution in [-0.2, 0) is 11.2 Å². The molecule has 1 aromatic carbocycles. The molecule has 0 aliphatic carbocycles. The number of carboxylic acids is 1. The molecule has 18 heavy (non-hydrogen) atoms. The normalized spacial score (nSPS) is 10.3. The Bertz CT molecular complexity index is 581. The molecule has 0 saturated carbocycles. The third kappa shape index (κ3) is 2.48. The Kier molecular flexibility index (Phi) is 3.28. The Labute approximate surface area is 104 Å². The molecular weight excluding hydrogens is 230 g/mol. The van der Waals surface area contributed by atoms with Crippen molar-refractivity contribution in [2.24, 2.45) is 0 Å². The van der Waals surface area contributed by atoms with E-state index in [1.54, 1.807) is 30.5 Å². The lowest BCUT2D eigenvalue weighted by Gasteiger charge is -2.06. The van der Waals surface area contributed by atoms with Crippen LogP contribution in [0, 0.1) is 6.92 Å². The molecule has 1 aromatic heterocycles. The van der Waals surface area contributed by atoms with Crippen LogP contribution in [0.25, 0.3) is 0 Å². The van der Waals surface area contributed by atoms with E-state index >= 15 is 0 Å². The van der Waals surface area contributed by atoms with Crippen molar-refractivity contribution >= 4 is 11.9 Å². The van der Waals surface area contributed by atoms with Crippen molar-refractivity contribution in [1.82, 2.24) is 4.57 Å². The second-order valence-corrected chi connectivity index (χ2v) is 4.11. The van der Waals surface area contributed by atoms with Crippen molar-refractivity contribution < 1.29 is 14.7 Å². The summed E-state index contributed by atoms with van der Waals surface area (Å²) in [5.41, 5.74) is 2.10. The molecular formula is C14H13NO3. The van der Waals surface area contributed by atoms with E-state index in [9.17, 15) is 9.59 Å². The molecule has 0 amide bonds. The Morgan fingerprint density at radius 2 is 1.83 bits per heavy atom. The smallest absolute Gasteiger partial charge is 0.309 e. The van der Waals surface area contributed by atoms with Crippen LogP contribution in [0.15, 0.2) is 42.6 Å². The number of aryl methyl sites for hydroxylation is 1. The van der Waals surface area contributed by atoms with Crippen LogP contribution in [-0.4, -0.2) is 21.6 Å². The maximum atomic E-state index is 12.2. The third-order valence-electron chi connectivity index (χ3n) is 2.68. The van der Waals surface area contributed by atoms with Gasteiger partial charge in [-0.05, 0) is 31.2 Å². The second-order valence-electron chi connectivity index (χ2n) is 4.11. The van der Waals surface area contributed by atoms with Crippen LogP contribution in [0.3, 0.4) is 0 Å². The maximum Gasteiger partial charge on any atom is 0.309 e. The average Bonchev–Trinajstić information content (AvgIpc) is 2.76. The van der Waals surface area contributed by atoms with Gasteiger partial charge in [-0.3, -0.25) is 14.2 Å². The molecule has 0 aliphatic rings. The highest BCUT2D eigenvalue weighted by Gasteiger charge is 2.13. The largest absolute Gasteiger partial charge is 0.481 e. The molecule has 0 atom stereocenters. The minimum atomic E-state index is -0.952. The summed E-state index contributed by atoms with van der Waals surface area (Å²) < 4.78 is 1.37. The van der Waals surface area contributed by atoms with Crippen LogP contribution in [0.2, 0.25) is 0 Å². The van der Waals surface area contributed by atoms with Crippen LogP contribution in [0.1, 0.15) is 21.6 Å². The number of aromatic nitrogens is 1. The zero-order valence-electron chi connectivity index (χ0n) is 9.96. The van der Waals surface area contributed by atoms with Crippen molar-refractivity contribution in [2.45, 2.75) is 13.3 Å². The molecule has 0 radical (unpaired) electrons. The van der Waals surface area contributed by atoms with Crippen molar-refractivity contribution in [3.8, 4) is 0 Å². The second kappa shape index (κ2) is 4.87. The molecule has 1 heterocycles. The lowest BCUT2D eigenvalue weighted by molar-refractivity contribution is -0.136. The summed E-state index contributed by atoms with van der Waals surface area (Å²) in [6.45, 7) is 1.94. The lowest BCUT2D eigenvalue weighted by Crippen LogP contribution is -2.16. The summed E-state index contributed by atoms with van der Waals surface area (Å²) >= 11 is 0. The number of carboxylic acid groups (broad SMARTS) is 1. The minimum absolute atomic E-state index is 0.162. The molecule has 4 heteroatoms. The van der Waals surface area contributed by atoms with Gasteiger partial charge < -0.3 is 5.11 Å². The average molecular weight is 243 g/mol. The maximum absolute atomic E-state index is 12.2. The molecule has 0 saturated heterocycles. The quantitative estimate of drug-likeness (QED) is 0.898. The fourth-order valence-corrected chi connectivity index (χ4v) is 1.75. The lowest BCUT2D eigenvalue weighted by atomic mass is 10.1. The first-order valence-corrected chi connectivity index (χ1v) is 5.57. The van der Waals surface area contributed by atoms with Crippen LogP contribution < -0.4 is 0 Å². The van der Waals surface area contributed by atoms with Crippen LogP contribution in [0.4, 0.5) is 0 Å². The number of carbonyl (C=O) groups excluding carboxylic acids is 1. The van der Waals surface area contributed by atoms with Gasteiger partial charge in [0.05, 0.1) is 6.42 Å². The zero-order chi connectivity index (χ0) is 13.1. The predicted molar refractivity (Wildman–Crippen MR) is 66.7 cm³/mol. The number of hydrogen-bond donors (Lipinski definition) is 1. The SMILES string of the molecule is Cc1ccc(C(=O)n2cccc2CC(=O)O)cc1. The first-order valence-electron chi connectivity index (χ1n) is 5.57. The van der Waals surface area contributed by atoms with Gasteiger partial charge in [0.25, 0.3) is 5.91 Å². The third-order valence-corrected chi connectivity index (χ3v) is 2.68. The van der Waals surface area contributed by atoms with E-state index in [1.807, 2.05) is 19.1 Å². The summed E-state index contributed by atoms with van der Waals surface area (Å²) in [7, 11) is 0. The first-order chi connectivity index (χ1) is 8.58. The van der Waals surface area contributed by atoms with Gasteiger partial charge in [0.1, 0.15) is 0 Å². The Morgan fingerprint density at radius 1 is 1.17 bits per heavy atom. The van der Waals surface area contributed by atoms with Gasteiger partial charge in [-0.2, -0.15) is 0 Å². The zero-order valence-corrected chi connectivity index (χ0v) is 9.96. The van der Waals surface area contributed by atoms with Crippen LogP contribution >= 0.6 is 0 Å².